The predicted octanol–water partition coefficient (Wildman–Crippen LogP) is 0.372. The number of carboxylic acid groups (broad SMARTS) is 1. The van der Waals surface area contributed by atoms with Crippen molar-refractivity contribution in [2.75, 3.05) is 11.9 Å². The van der Waals surface area contributed by atoms with Gasteiger partial charge in [0.2, 0.25) is 35.4 Å². The minimum Gasteiger partial charge on any atom is -0.481 e. The second-order valence-electron chi connectivity index (χ2n) is 11.5. The normalized spacial score (nSPS) is 15.6. The van der Waals surface area contributed by atoms with Crippen LogP contribution in [0.3, 0.4) is 0 Å². The van der Waals surface area contributed by atoms with Gasteiger partial charge < -0.3 is 37.0 Å². The Bertz CT molecular complexity index is 1550. The molecule has 0 radical (unpaired) electrons. The number of anilines is 1. The molecule has 0 saturated carbocycles. The van der Waals surface area contributed by atoms with Crippen LogP contribution in [0.5, 0.6) is 0 Å². The minimum absolute atomic E-state index is 0.0504. The highest BCUT2D eigenvalue weighted by Gasteiger charge is 2.39. The summed E-state index contributed by atoms with van der Waals surface area (Å²) in [6, 6.07) is 9.25. The van der Waals surface area contributed by atoms with Crippen LogP contribution in [-0.2, 0) is 40.0 Å². The van der Waals surface area contributed by atoms with Crippen molar-refractivity contribution < 1.29 is 43.6 Å². The molecule has 1 saturated heterocycles. The number of carbonyl (C=O) groups is 7. The lowest BCUT2D eigenvalue weighted by Gasteiger charge is -2.30. The van der Waals surface area contributed by atoms with Crippen molar-refractivity contribution >= 4 is 52.8 Å². The van der Waals surface area contributed by atoms with Crippen LogP contribution in [-0.4, -0.2) is 87.1 Å². The molecule has 0 aliphatic carbocycles. The number of likely N-dealkylation sites (tertiary alicyclic amines) is 1. The first-order valence-electron chi connectivity index (χ1n) is 15.5. The van der Waals surface area contributed by atoms with Crippen molar-refractivity contribution in [3.05, 3.63) is 70.3 Å². The highest BCUT2D eigenvalue weighted by Crippen LogP contribution is 2.21. The Hall–Kier alpha value is -5.87. The van der Waals surface area contributed by atoms with Crippen LogP contribution in [0.2, 0.25) is 0 Å². The first-order chi connectivity index (χ1) is 23.2. The summed E-state index contributed by atoms with van der Waals surface area (Å²) in [6.07, 6.45) is -0.439. The molecule has 262 valence electrons. The number of nitro groups is 1. The summed E-state index contributed by atoms with van der Waals surface area (Å²) in [5.41, 5.74) is 6.00. The zero-order valence-electron chi connectivity index (χ0n) is 26.8. The van der Waals surface area contributed by atoms with E-state index >= 15 is 0 Å². The Morgan fingerprint density at radius 1 is 0.918 bits per heavy atom. The van der Waals surface area contributed by atoms with E-state index in [0.29, 0.717) is 12.0 Å². The number of benzene rings is 2. The summed E-state index contributed by atoms with van der Waals surface area (Å²) < 4.78 is 0. The molecule has 2 aromatic carbocycles. The van der Waals surface area contributed by atoms with Gasteiger partial charge in [0.05, 0.1) is 11.3 Å². The van der Waals surface area contributed by atoms with Gasteiger partial charge in [-0.1, -0.05) is 30.3 Å². The van der Waals surface area contributed by atoms with Gasteiger partial charge in [-0.15, -0.1) is 0 Å². The van der Waals surface area contributed by atoms with E-state index in [1.165, 1.54) is 36.1 Å². The number of non-ortho nitro benzene ring substituents is 1. The van der Waals surface area contributed by atoms with Gasteiger partial charge in [-0.2, -0.15) is 0 Å². The number of hydrogen-bond donors (Lipinski definition) is 6. The van der Waals surface area contributed by atoms with Crippen LogP contribution in [0.1, 0.15) is 51.0 Å². The molecule has 0 aromatic heterocycles. The van der Waals surface area contributed by atoms with Gasteiger partial charge in [0, 0.05) is 43.6 Å². The molecule has 4 atom stereocenters. The predicted molar refractivity (Wildman–Crippen MR) is 173 cm³/mol. The van der Waals surface area contributed by atoms with Crippen LogP contribution in [0.4, 0.5) is 11.4 Å². The lowest BCUT2D eigenvalue weighted by atomic mass is 10.0. The molecule has 0 spiro atoms. The van der Waals surface area contributed by atoms with E-state index in [0.717, 1.165) is 0 Å². The highest BCUT2D eigenvalue weighted by molar-refractivity contribution is 5.99. The van der Waals surface area contributed by atoms with E-state index < -0.39 is 76.9 Å². The topological polar surface area (TPSA) is 260 Å². The molecule has 6 amide bonds. The smallest absolute Gasteiger partial charge is 0.303 e. The second-order valence-corrected chi connectivity index (χ2v) is 11.5. The molecule has 17 heteroatoms. The van der Waals surface area contributed by atoms with E-state index in [1.807, 2.05) is 0 Å². The van der Waals surface area contributed by atoms with Crippen molar-refractivity contribution in [2.24, 2.45) is 5.73 Å². The van der Waals surface area contributed by atoms with Gasteiger partial charge >= 0.3 is 5.97 Å². The SMILES string of the molecule is C[C@H](NC(=O)CCC(=O)O)C(=O)N[C@@H](Cc1ccccc1)C(=O)N1CCC[C@H]1C(=O)N[C@@H](CCC(N)=O)C(=O)Nc1ccc([N+](=O)[O-])cc1. The molecule has 0 unspecified atom stereocenters. The van der Waals surface area contributed by atoms with E-state index in [2.05, 4.69) is 21.3 Å². The fourth-order valence-corrected chi connectivity index (χ4v) is 5.17. The highest BCUT2D eigenvalue weighted by atomic mass is 16.6. The van der Waals surface area contributed by atoms with Crippen molar-refractivity contribution in [1.29, 1.82) is 0 Å². The number of carbonyl (C=O) groups excluding carboxylic acids is 6. The molecule has 7 N–H and O–H groups in total. The Balaban J connectivity index is 1.75. The molecule has 2 aromatic rings. The Morgan fingerprint density at radius 2 is 1.59 bits per heavy atom. The van der Waals surface area contributed by atoms with Gasteiger partial charge in [0.1, 0.15) is 24.2 Å². The number of carboxylic acids is 1. The first-order valence-corrected chi connectivity index (χ1v) is 15.5. The number of nitrogens with one attached hydrogen (secondary N) is 4. The van der Waals surface area contributed by atoms with E-state index in [4.69, 9.17) is 10.8 Å². The third kappa shape index (κ3) is 11.7. The van der Waals surface area contributed by atoms with E-state index in [-0.39, 0.29) is 50.0 Å². The number of nitro benzene ring substituents is 1. The summed E-state index contributed by atoms with van der Waals surface area (Å²) in [4.78, 5) is 99.9. The van der Waals surface area contributed by atoms with Crippen LogP contribution < -0.4 is 27.0 Å². The summed E-state index contributed by atoms with van der Waals surface area (Å²) in [7, 11) is 0. The molecule has 1 aliphatic rings. The van der Waals surface area contributed by atoms with Crippen molar-refractivity contribution in [1.82, 2.24) is 20.9 Å². The number of rotatable bonds is 17. The van der Waals surface area contributed by atoms with Crippen molar-refractivity contribution in [3.63, 3.8) is 0 Å². The van der Waals surface area contributed by atoms with E-state index in [1.54, 1.807) is 30.3 Å². The van der Waals surface area contributed by atoms with Crippen LogP contribution in [0.25, 0.3) is 0 Å². The van der Waals surface area contributed by atoms with Gasteiger partial charge in [0.25, 0.3) is 5.69 Å². The largest absolute Gasteiger partial charge is 0.481 e. The fourth-order valence-electron chi connectivity index (χ4n) is 5.17. The summed E-state index contributed by atoms with van der Waals surface area (Å²) in [5.74, 6) is -5.22. The minimum atomic E-state index is -1.25. The summed E-state index contributed by atoms with van der Waals surface area (Å²) in [6.45, 7) is 1.55. The molecule has 1 aliphatic heterocycles. The number of amides is 6. The molecular formula is C32H39N7O10. The number of aliphatic carboxylic acids is 1. The summed E-state index contributed by atoms with van der Waals surface area (Å²) >= 11 is 0. The quantitative estimate of drug-likeness (QED) is 0.0987. The molecule has 49 heavy (non-hydrogen) atoms. The average molecular weight is 682 g/mol. The van der Waals surface area contributed by atoms with Gasteiger partial charge in [-0.05, 0) is 43.9 Å². The number of hydrogen-bond acceptors (Lipinski definition) is 9. The fraction of sp³-hybridized carbons (Fsp3) is 0.406. The number of nitrogens with zero attached hydrogens (tertiary/aromatic N) is 2. The zero-order valence-corrected chi connectivity index (χ0v) is 26.8. The lowest BCUT2D eigenvalue weighted by molar-refractivity contribution is -0.384. The number of primary amides is 1. The van der Waals surface area contributed by atoms with Gasteiger partial charge in [-0.25, -0.2) is 0 Å². The molecule has 1 fully saturated rings. The van der Waals surface area contributed by atoms with Crippen molar-refractivity contribution in [2.45, 2.75) is 76.0 Å². The van der Waals surface area contributed by atoms with Gasteiger partial charge in [0.15, 0.2) is 0 Å². The second kappa shape index (κ2) is 17.9. The molecule has 1 heterocycles. The molecule has 17 nitrogen and oxygen atoms in total. The standard InChI is InChI=1S/C32H39N7O10/c1-19(34-27(41)15-16-28(42)43)29(44)37-24(18-20-6-3-2-4-7-20)32(47)38-17-5-8-25(38)31(46)36-23(13-14-26(33)40)30(45)35-21-9-11-22(12-10-21)39(48)49/h2-4,6-7,9-12,19,23-25H,5,8,13-18H2,1H3,(H2,33,40)(H,34,41)(H,35,45)(H,36,46)(H,37,44)(H,42,43)/t19-,23-,24-,25-/m0/s1. The first kappa shape index (κ1) is 37.6. The number of nitrogens with two attached hydrogens (primary N) is 1. The summed E-state index contributed by atoms with van der Waals surface area (Å²) in [5, 5.41) is 30.0. The van der Waals surface area contributed by atoms with Crippen LogP contribution >= 0.6 is 0 Å². The monoisotopic (exact) mass is 681 g/mol. The maximum Gasteiger partial charge on any atom is 0.303 e. The Labute approximate surface area is 281 Å². The average Bonchev–Trinajstić information content (AvgIpc) is 3.56. The Kier molecular flexibility index (Phi) is 13.7. The Morgan fingerprint density at radius 3 is 2.20 bits per heavy atom. The maximum atomic E-state index is 14.0. The van der Waals surface area contributed by atoms with Crippen LogP contribution in [0.15, 0.2) is 54.6 Å². The molecule has 3 rings (SSSR count). The van der Waals surface area contributed by atoms with Gasteiger partial charge in [-0.3, -0.25) is 43.7 Å². The maximum absolute atomic E-state index is 14.0. The molecular weight excluding hydrogens is 642 g/mol. The van der Waals surface area contributed by atoms with Crippen LogP contribution in [0, 0.1) is 10.1 Å². The zero-order chi connectivity index (χ0) is 36.1. The van der Waals surface area contributed by atoms with Crippen molar-refractivity contribution in [3.8, 4) is 0 Å². The van der Waals surface area contributed by atoms with E-state index in [9.17, 15) is 43.7 Å². The third-order valence-corrected chi connectivity index (χ3v) is 7.73. The third-order valence-electron chi connectivity index (χ3n) is 7.73. The molecule has 0 bridgehead atoms. The lowest BCUT2D eigenvalue weighted by Crippen LogP contribution is -2.58.